The zero-order chi connectivity index (χ0) is 18.8. The van der Waals surface area contributed by atoms with Gasteiger partial charge >= 0.3 is 6.03 Å². The molecule has 27 heavy (non-hydrogen) atoms. The lowest BCUT2D eigenvalue weighted by Gasteiger charge is -2.26. The van der Waals surface area contributed by atoms with Gasteiger partial charge in [0, 0.05) is 6.07 Å². The van der Waals surface area contributed by atoms with Crippen LogP contribution < -0.4 is 19.7 Å². The molecule has 2 aromatic carbocycles. The first-order chi connectivity index (χ1) is 13.1. The third-order valence-electron chi connectivity index (χ3n) is 4.07. The molecule has 0 saturated carbocycles. The van der Waals surface area contributed by atoms with Crippen LogP contribution in [0.15, 0.2) is 66.3 Å². The number of hydrogen-bond acceptors (Lipinski definition) is 5. The molecule has 1 saturated heterocycles. The quantitative estimate of drug-likeness (QED) is 0.670. The standard InChI is InChI=1S/C20H14N2O5/c23-18-15(8-4-7-13-5-2-1-3-6-13)19(24)22(20(25)21-18)14-9-10-16-17(11-14)27-12-26-16/h1-11H,12H2,(H,21,23,25). The van der Waals surface area contributed by atoms with E-state index in [0.717, 1.165) is 10.5 Å². The van der Waals surface area contributed by atoms with Crippen molar-refractivity contribution in [3.63, 3.8) is 0 Å². The highest BCUT2D eigenvalue weighted by atomic mass is 16.7. The summed E-state index contributed by atoms with van der Waals surface area (Å²) in [6.45, 7) is 0.0762. The van der Waals surface area contributed by atoms with E-state index in [0.29, 0.717) is 11.5 Å². The topological polar surface area (TPSA) is 84.9 Å². The number of hydrogen-bond donors (Lipinski definition) is 1. The summed E-state index contributed by atoms with van der Waals surface area (Å²) in [6, 6.07) is 13.3. The minimum atomic E-state index is -0.812. The fourth-order valence-electron chi connectivity index (χ4n) is 2.76. The number of barbiturate groups is 1. The van der Waals surface area contributed by atoms with E-state index in [9.17, 15) is 14.4 Å². The Morgan fingerprint density at radius 3 is 2.56 bits per heavy atom. The molecule has 0 bridgehead atoms. The molecule has 4 rings (SSSR count). The molecule has 0 atom stereocenters. The lowest BCUT2D eigenvalue weighted by atomic mass is 10.1. The van der Waals surface area contributed by atoms with Gasteiger partial charge in [0.25, 0.3) is 11.8 Å². The Balaban J connectivity index is 1.63. The van der Waals surface area contributed by atoms with Crippen LogP contribution in [0.2, 0.25) is 0 Å². The van der Waals surface area contributed by atoms with Gasteiger partial charge in [-0.1, -0.05) is 42.5 Å². The number of nitrogens with zero attached hydrogens (tertiary/aromatic N) is 1. The Bertz CT molecular complexity index is 995. The Kier molecular flexibility index (Phi) is 4.18. The van der Waals surface area contributed by atoms with Crippen LogP contribution in [0.5, 0.6) is 11.5 Å². The van der Waals surface area contributed by atoms with Gasteiger partial charge in [-0.2, -0.15) is 0 Å². The molecule has 0 radical (unpaired) electrons. The van der Waals surface area contributed by atoms with E-state index < -0.39 is 17.8 Å². The van der Waals surface area contributed by atoms with Gasteiger partial charge in [0.2, 0.25) is 6.79 Å². The lowest BCUT2D eigenvalue weighted by Crippen LogP contribution is -2.54. The van der Waals surface area contributed by atoms with Crippen molar-refractivity contribution in [2.24, 2.45) is 0 Å². The summed E-state index contributed by atoms with van der Waals surface area (Å²) in [4.78, 5) is 38.0. The minimum absolute atomic E-state index is 0.0762. The number of amides is 4. The second-order valence-electron chi connectivity index (χ2n) is 5.79. The van der Waals surface area contributed by atoms with Crippen molar-refractivity contribution in [1.82, 2.24) is 5.32 Å². The van der Waals surface area contributed by atoms with Crippen molar-refractivity contribution < 1.29 is 23.9 Å². The Morgan fingerprint density at radius 1 is 0.963 bits per heavy atom. The van der Waals surface area contributed by atoms with Crippen LogP contribution in [0.4, 0.5) is 10.5 Å². The average Bonchev–Trinajstić information content (AvgIpc) is 3.13. The third-order valence-corrected chi connectivity index (χ3v) is 4.07. The molecule has 0 unspecified atom stereocenters. The van der Waals surface area contributed by atoms with Crippen LogP contribution in [0.1, 0.15) is 5.56 Å². The van der Waals surface area contributed by atoms with E-state index >= 15 is 0 Å². The van der Waals surface area contributed by atoms with E-state index in [1.807, 2.05) is 30.3 Å². The van der Waals surface area contributed by atoms with Gasteiger partial charge in [0.1, 0.15) is 5.57 Å². The van der Waals surface area contributed by atoms with E-state index in [1.165, 1.54) is 12.1 Å². The van der Waals surface area contributed by atoms with Gasteiger partial charge in [-0.15, -0.1) is 0 Å². The molecular weight excluding hydrogens is 348 g/mol. The van der Waals surface area contributed by atoms with Crippen molar-refractivity contribution in [2.45, 2.75) is 0 Å². The van der Waals surface area contributed by atoms with Crippen molar-refractivity contribution in [3.8, 4) is 11.5 Å². The first kappa shape index (κ1) is 16.6. The largest absolute Gasteiger partial charge is 0.454 e. The maximum absolute atomic E-state index is 12.8. The van der Waals surface area contributed by atoms with Crippen molar-refractivity contribution in [1.29, 1.82) is 0 Å². The number of allylic oxidation sites excluding steroid dienone is 2. The summed E-state index contributed by atoms with van der Waals surface area (Å²) in [7, 11) is 0. The van der Waals surface area contributed by atoms with Crippen LogP contribution in [0.3, 0.4) is 0 Å². The number of rotatable bonds is 3. The molecule has 2 aliphatic heterocycles. The number of fused-ring (bicyclic) bond motifs is 1. The number of anilines is 1. The van der Waals surface area contributed by atoms with Gasteiger partial charge in [0.15, 0.2) is 11.5 Å². The fraction of sp³-hybridized carbons (Fsp3) is 0.0500. The molecule has 7 heteroatoms. The van der Waals surface area contributed by atoms with Crippen molar-refractivity contribution >= 4 is 29.6 Å². The summed E-state index contributed by atoms with van der Waals surface area (Å²) in [5, 5.41) is 2.18. The Morgan fingerprint density at radius 2 is 1.74 bits per heavy atom. The average molecular weight is 362 g/mol. The number of imide groups is 2. The van der Waals surface area contributed by atoms with Gasteiger partial charge in [-0.05, 0) is 23.8 Å². The van der Waals surface area contributed by atoms with Crippen LogP contribution in [0.25, 0.3) is 6.08 Å². The first-order valence-corrected chi connectivity index (χ1v) is 8.16. The molecule has 134 valence electrons. The summed E-state index contributed by atoms with van der Waals surface area (Å²) in [5.41, 5.74) is 1.06. The molecule has 2 aromatic rings. The van der Waals surface area contributed by atoms with Gasteiger partial charge in [-0.3, -0.25) is 14.9 Å². The molecule has 0 aliphatic carbocycles. The second-order valence-corrected chi connectivity index (χ2v) is 5.79. The number of carbonyl (C=O) groups is 3. The fourth-order valence-corrected chi connectivity index (χ4v) is 2.76. The van der Waals surface area contributed by atoms with E-state index in [-0.39, 0.29) is 18.1 Å². The molecule has 2 aliphatic rings. The molecule has 0 aromatic heterocycles. The molecule has 7 nitrogen and oxygen atoms in total. The van der Waals surface area contributed by atoms with E-state index in [1.54, 1.807) is 24.3 Å². The maximum atomic E-state index is 12.8. The Labute approximate surface area is 154 Å². The first-order valence-electron chi connectivity index (χ1n) is 8.16. The number of carbonyl (C=O) groups excluding carboxylic acids is 3. The minimum Gasteiger partial charge on any atom is -0.454 e. The molecule has 1 fully saturated rings. The predicted octanol–water partition coefficient (Wildman–Crippen LogP) is 2.64. The van der Waals surface area contributed by atoms with Crippen molar-refractivity contribution in [2.75, 3.05) is 11.7 Å². The van der Waals surface area contributed by atoms with Crippen LogP contribution >= 0.6 is 0 Å². The Hall–Kier alpha value is -3.87. The molecule has 1 N–H and O–H groups in total. The monoisotopic (exact) mass is 362 g/mol. The number of nitrogens with one attached hydrogen (secondary N) is 1. The smallest absolute Gasteiger partial charge is 0.335 e. The number of ether oxygens (including phenoxy) is 2. The van der Waals surface area contributed by atoms with E-state index in [4.69, 9.17) is 9.47 Å². The highest BCUT2D eigenvalue weighted by Gasteiger charge is 2.37. The zero-order valence-electron chi connectivity index (χ0n) is 14.0. The summed E-state index contributed by atoms with van der Waals surface area (Å²) in [6.07, 6.45) is 4.74. The SMILES string of the molecule is O=C1NC(=O)N(c2ccc3c(c2)OCO3)C(=O)C1=CC=Cc1ccccc1. The van der Waals surface area contributed by atoms with Crippen LogP contribution in [0, 0.1) is 0 Å². The summed E-state index contributed by atoms with van der Waals surface area (Å²) < 4.78 is 10.5. The van der Waals surface area contributed by atoms with Crippen LogP contribution in [-0.4, -0.2) is 24.6 Å². The lowest BCUT2D eigenvalue weighted by molar-refractivity contribution is -0.122. The highest BCUT2D eigenvalue weighted by molar-refractivity contribution is 6.37. The molecule has 4 amide bonds. The molecular formula is C20H14N2O5. The number of benzene rings is 2. The zero-order valence-corrected chi connectivity index (χ0v) is 14.0. The molecule has 0 spiro atoms. The normalized spacial score (nSPS) is 17.7. The van der Waals surface area contributed by atoms with Crippen LogP contribution in [-0.2, 0) is 9.59 Å². The van der Waals surface area contributed by atoms with Gasteiger partial charge in [-0.25, -0.2) is 9.69 Å². The van der Waals surface area contributed by atoms with E-state index in [2.05, 4.69) is 5.32 Å². The molecule has 2 heterocycles. The summed E-state index contributed by atoms with van der Waals surface area (Å²) in [5.74, 6) is -0.485. The number of urea groups is 1. The van der Waals surface area contributed by atoms with Crippen molar-refractivity contribution in [3.05, 3.63) is 71.8 Å². The van der Waals surface area contributed by atoms with Gasteiger partial charge < -0.3 is 9.47 Å². The maximum Gasteiger partial charge on any atom is 0.335 e. The highest BCUT2D eigenvalue weighted by Crippen LogP contribution is 2.36. The third kappa shape index (κ3) is 3.18. The summed E-state index contributed by atoms with van der Waals surface area (Å²) >= 11 is 0. The second kappa shape index (κ2) is 6.80. The predicted molar refractivity (Wildman–Crippen MR) is 97.1 cm³/mol. The van der Waals surface area contributed by atoms with Gasteiger partial charge in [0.05, 0.1) is 5.69 Å².